The molecule has 0 radical (unpaired) electrons. The van der Waals surface area contributed by atoms with Gasteiger partial charge in [-0.3, -0.25) is 9.59 Å². The van der Waals surface area contributed by atoms with E-state index in [1.165, 1.54) is 30.0 Å². The summed E-state index contributed by atoms with van der Waals surface area (Å²) in [5.41, 5.74) is 3.39. The van der Waals surface area contributed by atoms with E-state index in [-0.39, 0.29) is 11.5 Å². The van der Waals surface area contributed by atoms with Crippen molar-refractivity contribution in [3.63, 3.8) is 0 Å². The molecule has 0 aliphatic heterocycles. The van der Waals surface area contributed by atoms with Gasteiger partial charge in [0, 0.05) is 45.0 Å². The molecule has 12 heteroatoms. The number of halogens is 3. The normalized spacial score (nSPS) is 12.4. The number of pyridine rings is 1. The first-order valence-corrected chi connectivity index (χ1v) is 18.6. The van der Waals surface area contributed by atoms with E-state index in [9.17, 15) is 22.8 Å². The Balaban J connectivity index is 0.000000360. The highest BCUT2D eigenvalue weighted by molar-refractivity contribution is 7.19. The maximum absolute atomic E-state index is 12.9. The van der Waals surface area contributed by atoms with E-state index >= 15 is 0 Å². The van der Waals surface area contributed by atoms with Crippen LogP contribution in [0, 0.1) is 44.3 Å². The number of amides is 1. The lowest BCUT2D eigenvalue weighted by Gasteiger charge is -2.21. The summed E-state index contributed by atoms with van der Waals surface area (Å²) in [6.07, 6.45) is 6.13. The SMILES string of the molecule is CC(F)(F)c1cc(NC=O)ccc1F.CCC(C)C(C)CC(C)COC.CCCC(=O)c1c(OC)ccc2nc(C)sc12.COc1cc(C)c(C)cn1. The van der Waals surface area contributed by atoms with Gasteiger partial charge in [-0.25, -0.2) is 23.1 Å². The van der Waals surface area contributed by atoms with Crippen molar-refractivity contribution in [3.8, 4) is 11.6 Å². The molecule has 2 heterocycles. The molecule has 4 aromatic rings. The number of carbonyl (C=O) groups is 2. The number of hydrogen-bond acceptors (Lipinski definition) is 8. The molecule has 294 valence electrons. The van der Waals surface area contributed by atoms with Gasteiger partial charge in [0.05, 0.1) is 40.6 Å². The zero-order chi connectivity index (χ0) is 40.3. The van der Waals surface area contributed by atoms with Crippen molar-refractivity contribution in [1.82, 2.24) is 9.97 Å². The molecule has 0 aliphatic carbocycles. The van der Waals surface area contributed by atoms with Gasteiger partial charge in [-0.2, -0.15) is 0 Å². The van der Waals surface area contributed by atoms with Crippen LogP contribution >= 0.6 is 11.3 Å². The minimum Gasteiger partial charge on any atom is -0.496 e. The van der Waals surface area contributed by atoms with Gasteiger partial charge in [0.1, 0.15) is 11.6 Å². The number of methoxy groups -OCH3 is 3. The Morgan fingerprint density at radius 1 is 0.981 bits per heavy atom. The number of thiazole rings is 1. The van der Waals surface area contributed by atoms with Crippen LogP contribution in [0.15, 0.2) is 42.6 Å². The third kappa shape index (κ3) is 15.9. The zero-order valence-electron chi connectivity index (χ0n) is 33.4. The van der Waals surface area contributed by atoms with E-state index in [0.717, 1.165) is 52.2 Å². The Hall–Kier alpha value is -4.03. The Labute approximate surface area is 317 Å². The average Bonchev–Trinajstić information content (AvgIpc) is 3.50. The molecule has 1 amide bonds. The summed E-state index contributed by atoms with van der Waals surface area (Å²) in [7, 11) is 5.00. The predicted octanol–water partition coefficient (Wildman–Crippen LogP) is 11.2. The Morgan fingerprint density at radius 3 is 2.19 bits per heavy atom. The van der Waals surface area contributed by atoms with E-state index in [0.29, 0.717) is 42.9 Å². The minimum absolute atomic E-state index is 0.137. The number of alkyl halides is 2. The van der Waals surface area contributed by atoms with Gasteiger partial charge in [-0.05, 0) is 92.8 Å². The molecule has 8 nitrogen and oxygen atoms in total. The summed E-state index contributed by atoms with van der Waals surface area (Å²) in [5, 5.41) is 3.14. The lowest BCUT2D eigenvalue weighted by Crippen LogP contribution is -2.14. The molecule has 3 atom stereocenters. The highest BCUT2D eigenvalue weighted by Crippen LogP contribution is 2.33. The van der Waals surface area contributed by atoms with Crippen LogP contribution in [-0.4, -0.2) is 50.1 Å². The van der Waals surface area contributed by atoms with Crippen molar-refractivity contribution in [2.75, 3.05) is 33.3 Å². The van der Waals surface area contributed by atoms with Crippen LogP contribution in [0.4, 0.5) is 18.9 Å². The fourth-order valence-corrected chi connectivity index (χ4v) is 6.20. The van der Waals surface area contributed by atoms with E-state index in [2.05, 4.69) is 43.0 Å². The van der Waals surface area contributed by atoms with Crippen LogP contribution in [0.3, 0.4) is 0 Å². The van der Waals surface area contributed by atoms with Crippen LogP contribution in [0.2, 0.25) is 0 Å². The lowest BCUT2D eigenvalue weighted by molar-refractivity contribution is -0.105. The number of benzene rings is 2. The van der Waals surface area contributed by atoms with Crippen LogP contribution in [0.1, 0.15) is 99.3 Å². The molecule has 0 spiro atoms. The maximum Gasteiger partial charge on any atom is 0.273 e. The highest BCUT2D eigenvalue weighted by atomic mass is 32.1. The van der Waals surface area contributed by atoms with Gasteiger partial charge in [0.15, 0.2) is 5.78 Å². The maximum atomic E-state index is 12.9. The summed E-state index contributed by atoms with van der Waals surface area (Å²) in [5.74, 6) is -0.385. The van der Waals surface area contributed by atoms with E-state index in [1.54, 1.807) is 32.7 Å². The van der Waals surface area contributed by atoms with Gasteiger partial charge in [-0.15, -0.1) is 11.3 Å². The minimum atomic E-state index is -3.26. The molecule has 0 aliphatic rings. The zero-order valence-corrected chi connectivity index (χ0v) is 34.2. The number of anilines is 1. The van der Waals surface area contributed by atoms with Gasteiger partial charge in [-0.1, -0.05) is 41.0 Å². The largest absolute Gasteiger partial charge is 0.496 e. The summed E-state index contributed by atoms with van der Waals surface area (Å²) in [6, 6.07) is 8.65. The molecule has 1 N–H and O–H groups in total. The molecule has 4 rings (SSSR count). The first kappa shape index (κ1) is 47.0. The number of hydrogen-bond donors (Lipinski definition) is 1. The van der Waals surface area contributed by atoms with Crippen molar-refractivity contribution < 1.29 is 37.0 Å². The van der Waals surface area contributed by atoms with Crippen LogP contribution in [0.25, 0.3) is 10.2 Å². The fraction of sp³-hybridized carbons (Fsp3) is 0.512. The summed E-state index contributed by atoms with van der Waals surface area (Å²) < 4.78 is 54.8. The summed E-state index contributed by atoms with van der Waals surface area (Å²) >= 11 is 1.55. The molecular weight excluding hydrogens is 704 g/mol. The van der Waals surface area contributed by atoms with Crippen LogP contribution in [0.5, 0.6) is 11.6 Å². The Kier molecular flexibility index (Phi) is 20.9. The van der Waals surface area contributed by atoms with Crippen molar-refractivity contribution in [1.29, 1.82) is 0 Å². The van der Waals surface area contributed by atoms with E-state index < -0.39 is 17.3 Å². The molecule has 0 saturated carbocycles. The topological polar surface area (TPSA) is 99.6 Å². The number of fused-ring (bicyclic) bond motifs is 1. The van der Waals surface area contributed by atoms with E-state index in [1.807, 2.05) is 52.1 Å². The smallest absolute Gasteiger partial charge is 0.273 e. The number of Topliss-reactive ketones (excluding diaryl/α,β-unsaturated/α-hetero) is 1. The molecule has 0 saturated heterocycles. The Bertz CT molecular complexity index is 1710. The molecule has 2 aromatic carbocycles. The number of nitrogens with zero attached hydrogens (tertiary/aromatic N) is 2. The fourth-order valence-electron chi connectivity index (χ4n) is 5.22. The van der Waals surface area contributed by atoms with E-state index in [4.69, 9.17) is 14.2 Å². The molecule has 0 fully saturated rings. The summed E-state index contributed by atoms with van der Waals surface area (Å²) in [6.45, 7) is 18.7. The molecule has 3 unspecified atom stereocenters. The first-order chi connectivity index (χ1) is 25.0. The second kappa shape index (κ2) is 23.6. The number of rotatable bonds is 14. The number of aryl methyl sites for hydroxylation is 3. The van der Waals surface area contributed by atoms with Crippen molar-refractivity contribution in [2.45, 2.75) is 93.9 Å². The first-order valence-electron chi connectivity index (χ1n) is 17.8. The van der Waals surface area contributed by atoms with Gasteiger partial charge in [0.2, 0.25) is 12.3 Å². The second-order valence-corrected chi connectivity index (χ2v) is 14.4. The third-order valence-corrected chi connectivity index (χ3v) is 9.67. The number of aromatic nitrogens is 2. The van der Waals surface area contributed by atoms with Crippen molar-refractivity contribution >= 4 is 39.4 Å². The molecular formula is C41H58F3N3O5S. The molecule has 2 aromatic heterocycles. The monoisotopic (exact) mass is 761 g/mol. The number of carbonyl (C=O) groups excluding carboxylic acids is 2. The third-order valence-electron chi connectivity index (χ3n) is 8.66. The second-order valence-electron chi connectivity index (χ2n) is 13.2. The number of ether oxygens (including phenoxy) is 3. The van der Waals surface area contributed by atoms with Gasteiger partial charge >= 0.3 is 0 Å². The van der Waals surface area contributed by atoms with Crippen molar-refractivity contribution in [3.05, 3.63) is 75.7 Å². The van der Waals surface area contributed by atoms with Crippen LogP contribution in [-0.2, 0) is 15.5 Å². The Morgan fingerprint density at radius 2 is 1.66 bits per heavy atom. The number of ketones is 1. The quantitative estimate of drug-likeness (QED) is 0.101. The van der Waals surface area contributed by atoms with Crippen molar-refractivity contribution in [2.24, 2.45) is 17.8 Å². The van der Waals surface area contributed by atoms with Gasteiger partial charge < -0.3 is 19.5 Å². The standard InChI is InChI=1S/C13H15NO2S.C11H24O.C9H8F3NO.C8H11NO/c1-4-5-10(15)12-11(16-3)7-6-9-13(12)17-8(2)14-9;1-6-10(3)11(4)7-9(2)8-12-5;1-9(11,12)7-4-6(13-5-14)2-3-8(7)10;1-6-4-8(10-3)9-5-7(6)2/h6-7H,4-5H2,1-3H3;9-11H,6-8H2,1-5H3;2-5H,1H3,(H,13,14);4-5H,1-3H3. The predicted molar refractivity (Wildman–Crippen MR) is 210 cm³/mol. The van der Waals surface area contributed by atoms with Crippen LogP contribution < -0.4 is 14.8 Å². The van der Waals surface area contributed by atoms with Gasteiger partial charge in [0.25, 0.3) is 5.92 Å². The molecule has 53 heavy (non-hydrogen) atoms. The molecule has 0 bridgehead atoms. The lowest BCUT2D eigenvalue weighted by atomic mass is 9.86. The summed E-state index contributed by atoms with van der Waals surface area (Å²) in [4.78, 5) is 30.6. The number of nitrogens with one attached hydrogen (secondary N) is 1. The highest BCUT2D eigenvalue weighted by Gasteiger charge is 2.28. The average molecular weight is 762 g/mol.